The fourth-order valence-electron chi connectivity index (χ4n) is 2.28. The van der Waals surface area contributed by atoms with Crippen LogP contribution in [0.25, 0.3) is 0 Å². The number of nitrogens with one attached hydrogen (secondary N) is 1. The van der Waals surface area contributed by atoms with E-state index in [1.807, 2.05) is 45.0 Å². The number of anilines is 1. The van der Waals surface area contributed by atoms with Crippen molar-refractivity contribution < 1.29 is 9.53 Å². The number of hydrogen-bond donors (Lipinski definition) is 1. The Balaban J connectivity index is 2.01. The Morgan fingerprint density at radius 3 is 2.70 bits per heavy atom. The quantitative estimate of drug-likeness (QED) is 0.889. The van der Waals surface area contributed by atoms with E-state index in [2.05, 4.69) is 15.4 Å². The minimum Gasteiger partial charge on any atom is -0.497 e. The zero-order chi connectivity index (χ0) is 17.0. The maximum Gasteiger partial charge on any atom is 0.227 e. The number of aryl methyl sites for hydroxylation is 1. The van der Waals surface area contributed by atoms with Gasteiger partial charge in [-0.25, -0.2) is 4.68 Å². The van der Waals surface area contributed by atoms with E-state index in [1.54, 1.807) is 18.8 Å². The molecule has 0 aliphatic rings. The highest BCUT2D eigenvalue weighted by Crippen LogP contribution is 2.23. The fourth-order valence-corrected chi connectivity index (χ4v) is 2.28. The predicted molar refractivity (Wildman–Crippen MR) is 89.7 cm³/mol. The van der Waals surface area contributed by atoms with Gasteiger partial charge in [0.1, 0.15) is 5.75 Å². The molecule has 6 heteroatoms. The number of aromatic nitrogens is 3. The van der Waals surface area contributed by atoms with E-state index >= 15 is 0 Å². The average Bonchev–Trinajstić information content (AvgIpc) is 2.88. The van der Waals surface area contributed by atoms with Gasteiger partial charge in [-0.05, 0) is 23.6 Å². The van der Waals surface area contributed by atoms with Crippen LogP contribution in [0.5, 0.6) is 5.75 Å². The van der Waals surface area contributed by atoms with Crippen LogP contribution in [0, 0.1) is 0 Å². The second kappa shape index (κ2) is 7.26. The fraction of sp³-hybridized carbons (Fsp3) is 0.471. The molecule has 0 saturated heterocycles. The molecule has 2 rings (SSSR count). The molecule has 6 nitrogen and oxygen atoms in total. The third-order valence-corrected chi connectivity index (χ3v) is 3.70. The highest BCUT2D eigenvalue weighted by Gasteiger charge is 2.16. The van der Waals surface area contributed by atoms with Crippen LogP contribution in [-0.2, 0) is 11.8 Å². The first kappa shape index (κ1) is 17.0. The highest BCUT2D eigenvalue weighted by atomic mass is 16.5. The zero-order valence-corrected chi connectivity index (χ0v) is 14.3. The molecule has 0 bridgehead atoms. The Morgan fingerprint density at radius 1 is 1.35 bits per heavy atom. The van der Waals surface area contributed by atoms with Crippen LogP contribution in [0.1, 0.15) is 50.4 Å². The number of benzene rings is 1. The molecule has 1 aromatic carbocycles. The zero-order valence-electron chi connectivity index (χ0n) is 14.3. The summed E-state index contributed by atoms with van der Waals surface area (Å²) in [6, 6.07) is 7.78. The van der Waals surface area contributed by atoms with Crippen molar-refractivity contribution in [1.29, 1.82) is 0 Å². The summed E-state index contributed by atoms with van der Waals surface area (Å²) in [5, 5.41) is 7.13. The summed E-state index contributed by atoms with van der Waals surface area (Å²) in [6.45, 7) is 6.06. The van der Waals surface area contributed by atoms with Gasteiger partial charge in [-0.2, -0.15) is 10.1 Å². The predicted octanol–water partition coefficient (Wildman–Crippen LogP) is 3.08. The van der Waals surface area contributed by atoms with Gasteiger partial charge in [0.05, 0.1) is 7.11 Å². The van der Waals surface area contributed by atoms with Gasteiger partial charge in [0.2, 0.25) is 11.9 Å². The number of ether oxygens (including phenoxy) is 1. The lowest BCUT2D eigenvalue weighted by molar-refractivity contribution is -0.116. The van der Waals surface area contributed by atoms with Crippen LogP contribution in [0.3, 0.4) is 0 Å². The Hall–Kier alpha value is -2.37. The van der Waals surface area contributed by atoms with E-state index in [0.717, 1.165) is 17.1 Å². The lowest BCUT2D eigenvalue weighted by Crippen LogP contribution is -2.17. The molecule has 1 atom stereocenters. The summed E-state index contributed by atoms with van der Waals surface area (Å²) < 4.78 is 6.82. The normalized spacial score (nSPS) is 12.3. The number of rotatable bonds is 6. The van der Waals surface area contributed by atoms with Crippen LogP contribution in [0.2, 0.25) is 0 Å². The number of nitrogens with zero attached hydrogens (tertiary/aromatic N) is 3. The monoisotopic (exact) mass is 316 g/mol. The largest absolute Gasteiger partial charge is 0.497 e. The maximum atomic E-state index is 12.3. The molecule has 0 saturated carbocycles. The van der Waals surface area contributed by atoms with Crippen LogP contribution in [-0.4, -0.2) is 27.8 Å². The third-order valence-electron chi connectivity index (χ3n) is 3.70. The van der Waals surface area contributed by atoms with E-state index in [0.29, 0.717) is 12.4 Å². The van der Waals surface area contributed by atoms with Gasteiger partial charge in [-0.15, -0.1) is 0 Å². The summed E-state index contributed by atoms with van der Waals surface area (Å²) in [5.41, 5.74) is 1.07. The van der Waals surface area contributed by atoms with E-state index in [1.165, 1.54) is 0 Å². The first-order chi connectivity index (χ1) is 10.9. The summed E-state index contributed by atoms with van der Waals surface area (Å²) >= 11 is 0. The van der Waals surface area contributed by atoms with Crippen molar-refractivity contribution in [3.8, 4) is 5.75 Å². The molecule has 124 valence electrons. The van der Waals surface area contributed by atoms with E-state index < -0.39 is 0 Å². The van der Waals surface area contributed by atoms with Crippen LogP contribution >= 0.6 is 0 Å². The standard InChI is InChI=1S/C17H24N4O2/c1-11(2)16-19-17(21(4)20-16)18-15(22)9-12(3)13-7-6-8-14(10-13)23-5/h6-8,10-12H,9H2,1-5H3,(H,18,19,20,22)/t12-/m0/s1. The van der Waals surface area contributed by atoms with Gasteiger partial charge >= 0.3 is 0 Å². The van der Waals surface area contributed by atoms with E-state index in [-0.39, 0.29) is 17.7 Å². The number of methoxy groups -OCH3 is 1. The number of carbonyl (C=O) groups is 1. The molecule has 2 aromatic rings. The Labute approximate surface area is 136 Å². The number of carbonyl (C=O) groups excluding carboxylic acids is 1. The molecule has 0 aliphatic heterocycles. The van der Waals surface area contributed by atoms with Gasteiger partial charge < -0.3 is 4.74 Å². The molecular formula is C17H24N4O2. The van der Waals surface area contributed by atoms with Crippen molar-refractivity contribution in [3.63, 3.8) is 0 Å². The molecule has 0 fully saturated rings. The molecule has 1 aromatic heterocycles. The van der Waals surface area contributed by atoms with E-state index in [9.17, 15) is 4.79 Å². The van der Waals surface area contributed by atoms with Crippen LogP contribution < -0.4 is 10.1 Å². The van der Waals surface area contributed by atoms with Crippen molar-refractivity contribution in [1.82, 2.24) is 14.8 Å². The molecule has 1 amide bonds. The topological polar surface area (TPSA) is 69.0 Å². The van der Waals surface area contributed by atoms with Crippen molar-refractivity contribution in [3.05, 3.63) is 35.7 Å². The minimum absolute atomic E-state index is 0.0777. The second-order valence-electron chi connectivity index (χ2n) is 6.00. The molecule has 23 heavy (non-hydrogen) atoms. The molecular weight excluding hydrogens is 292 g/mol. The number of amides is 1. The lowest BCUT2D eigenvalue weighted by atomic mass is 9.97. The van der Waals surface area contributed by atoms with Gasteiger partial charge in [0.15, 0.2) is 5.82 Å². The van der Waals surface area contributed by atoms with Gasteiger partial charge in [-0.1, -0.05) is 32.9 Å². The average molecular weight is 316 g/mol. The second-order valence-corrected chi connectivity index (χ2v) is 6.00. The van der Waals surface area contributed by atoms with Gasteiger partial charge in [0.25, 0.3) is 0 Å². The van der Waals surface area contributed by atoms with Crippen LogP contribution in [0.4, 0.5) is 5.95 Å². The summed E-state index contributed by atoms with van der Waals surface area (Å²) in [6.07, 6.45) is 0.372. The van der Waals surface area contributed by atoms with Crippen molar-refractivity contribution in [2.45, 2.75) is 39.0 Å². The third kappa shape index (κ3) is 4.31. The molecule has 1 heterocycles. The SMILES string of the molecule is COc1cccc([C@@H](C)CC(=O)Nc2nc(C(C)C)nn2C)c1. The Bertz CT molecular complexity index is 679. The van der Waals surface area contributed by atoms with Crippen molar-refractivity contribution >= 4 is 11.9 Å². The summed E-state index contributed by atoms with van der Waals surface area (Å²) in [7, 11) is 3.41. The maximum absolute atomic E-state index is 12.3. The smallest absolute Gasteiger partial charge is 0.227 e. The number of hydrogen-bond acceptors (Lipinski definition) is 4. The lowest BCUT2D eigenvalue weighted by Gasteiger charge is -2.12. The molecule has 1 N–H and O–H groups in total. The molecule has 0 unspecified atom stereocenters. The van der Waals surface area contributed by atoms with Gasteiger partial charge in [-0.3, -0.25) is 10.1 Å². The molecule has 0 spiro atoms. The first-order valence-corrected chi connectivity index (χ1v) is 7.75. The Kier molecular flexibility index (Phi) is 5.36. The van der Waals surface area contributed by atoms with E-state index in [4.69, 9.17) is 4.74 Å². The first-order valence-electron chi connectivity index (χ1n) is 7.75. The Morgan fingerprint density at radius 2 is 2.09 bits per heavy atom. The van der Waals surface area contributed by atoms with Crippen molar-refractivity contribution in [2.24, 2.45) is 7.05 Å². The van der Waals surface area contributed by atoms with Gasteiger partial charge in [0, 0.05) is 19.4 Å². The van der Waals surface area contributed by atoms with Crippen LogP contribution in [0.15, 0.2) is 24.3 Å². The highest BCUT2D eigenvalue weighted by molar-refractivity contribution is 5.89. The molecule has 0 radical (unpaired) electrons. The summed E-state index contributed by atoms with van der Waals surface area (Å²) in [5.74, 6) is 2.24. The molecule has 0 aliphatic carbocycles. The minimum atomic E-state index is -0.0777. The summed E-state index contributed by atoms with van der Waals surface area (Å²) in [4.78, 5) is 16.6. The van der Waals surface area contributed by atoms with Crippen molar-refractivity contribution in [2.75, 3.05) is 12.4 Å².